The molecule has 3 amide bonds. The number of amides is 3. The number of nitrogens with one attached hydrogen (secondary N) is 3. The molecule has 0 saturated carbocycles. The van der Waals surface area contributed by atoms with Crippen LogP contribution in [0.4, 0.5) is 0 Å². The molecule has 0 aromatic heterocycles. The van der Waals surface area contributed by atoms with Crippen LogP contribution in [0.3, 0.4) is 0 Å². The Balaban J connectivity index is 5.50. The third-order valence-electron chi connectivity index (χ3n) is 5.62. The number of rotatable bonds is 17. The number of unbranched alkanes of at least 4 members (excludes halogenated alkanes) is 1. The smallest absolute Gasteiger partial charge is 0.326 e. The Bertz CT molecular complexity index is 634. The Hall–Kier alpha value is -1.85. The van der Waals surface area contributed by atoms with Gasteiger partial charge < -0.3 is 32.5 Å². The molecule has 11 heteroatoms. The number of carboxylic acids is 1. The zero-order chi connectivity index (χ0) is 25.6. The number of hydrogen-bond donors (Lipinski definition) is 6. The molecule has 5 atom stereocenters. The van der Waals surface area contributed by atoms with Crippen molar-refractivity contribution in [2.45, 2.75) is 84.0 Å². The van der Waals surface area contributed by atoms with Crippen molar-refractivity contribution in [3.05, 3.63) is 0 Å². The number of carbonyl (C=O) groups is 4. The minimum Gasteiger partial charge on any atom is -0.480 e. The standard InChI is InChI=1S/C22H43N5O5S/c1-6-14(4)18(22(31)32)27-20(29)16(10-12-33-5)25-19(28)15(9-7-8-11-23)26-21(30)17(24)13(2)3/h13-18H,6-12,23-24H2,1-5H3,(H,25,28)(H,26,30)(H,27,29)(H,31,32). The van der Waals surface area contributed by atoms with Crippen molar-refractivity contribution >= 4 is 35.5 Å². The van der Waals surface area contributed by atoms with Crippen molar-refractivity contribution in [1.29, 1.82) is 0 Å². The van der Waals surface area contributed by atoms with Crippen LogP contribution in [-0.4, -0.2) is 71.5 Å². The molecule has 0 bridgehead atoms. The molecule has 0 aliphatic carbocycles. The predicted molar refractivity (Wildman–Crippen MR) is 132 cm³/mol. The van der Waals surface area contributed by atoms with Gasteiger partial charge in [0.2, 0.25) is 17.7 Å². The predicted octanol–water partition coefficient (Wildman–Crippen LogP) is 0.437. The molecule has 33 heavy (non-hydrogen) atoms. The van der Waals surface area contributed by atoms with Gasteiger partial charge in [-0.2, -0.15) is 11.8 Å². The van der Waals surface area contributed by atoms with Crippen molar-refractivity contribution in [3.63, 3.8) is 0 Å². The van der Waals surface area contributed by atoms with Crippen LogP contribution >= 0.6 is 11.8 Å². The van der Waals surface area contributed by atoms with Crippen LogP contribution in [0.2, 0.25) is 0 Å². The number of nitrogens with two attached hydrogens (primary N) is 2. The molecule has 0 aromatic carbocycles. The molecule has 0 fully saturated rings. The van der Waals surface area contributed by atoms with E-state index >= 15 is 0 Å². The van der Waals surface area contributed by atoms with Gasteiger partial charge in [0.25, 0.3) is 0 Å². The fourth-order valence-corrected chi connectivity index (χ4v) is 3.52. The average Bonchev–Trinajstić information content (AvgIpc) is 2.77. The SMILES string of the molecule is CCC(C)C(NC(=O)C(CCSC)NC(=O)C(CCCCN)NC(=O)C(N)C(C)C)C(=O)O. The highest BCUT2D eigenvalue weighted by Gasteiger charge is 2.31. The van der Waals surface area contributed by atoms with Gasteiger partial charge in [-0.25, -0.2) is 4.79 Å². The Morgan fingerprint density at radius 3 is 1.94 bits per heavy atom. The summed E-state index contributed by atoms with van der Waals surface area (Å²) < 4.78 is 0. The van der Waals surface area contributed by atoms with Crippen LogP contribution in [0.25, 0.3) is 0 Å². The number of carboxylic acid groups (broad SMARTS) is 1. The van der Waals surface area contributed by atoms with E-state index in [2.05, 4.69) is 16.0 Å². The molecule has 0 aliphatic rings. The molecule has 0 spiro atoms. The minimum atomic E-state index is -1.12. The van der Waals surface area contributed by atoms with E-state index in [1.54, 1.807) is 6.92 Å². The van der Waals surface area contributed by atoms with Gasteiger partial charge >= 0.3 is 5.97 Å². The molecule has 0 aromatic rings. The lowest BCUT2D eigenvalue weighted by atomic mass is 9.98. The minimum absolute atomic E-state index is 0.105. The van der Waals surface area contributed by atoms with E-state index in [0.717, 1.165) is 0 Å². The fraction of sp³-hybridized carbons (Fsp3) is 0.818. The number of aliphatic carboxylic acids is 1. The molecule has 8 N–H and O–H groups in total. The maximum atomic E-state index is 13.1. The fourth-order valence-electron chi connectivity index (χ4n) is 3.05. The van der Waals surface area contributed by atoms with Crippen molar-refractivity contribution in [2.24, 2.45) is 23.3 Å². The van der Waals surface area contributed by atoms with Crippen molar-refractivity contribution < 1.29 is 24.3 Å². The van der Waals surface area contributed by atoms with Crippen LogP contribution in [0.5, 0.6) is 0 Å². The average molecular weight is 490 g/mol. The van der Waals surface area contributed by atoms with Crippen molar-refractivity contribution in [2.75, 3.05) is 18.6 Å². The van der Waals surface area contributed by atoms with Gasteiger partial charge in [0.15, 0.2) is 0 Å². The Kier molecular flexibility index (Phi) is 15.8. The summed E-state index contributed by atoms with van der Waals surface area (Å²) in [5.41, 5.74) is 11.5. The van der Waals surface area contributed by atoms with Crippen LogP contribution in [0.15, 0.2) is 0 Å². The molecule has 10 nitrogen and oxygen atoms in total. The summed E-state index contributed by atoms with van der Waals surface area (Å²) in [6, 6.07) is -3.62. The Morgan fingerprint density at radius 1 is 0.909 bits per heavy atom. The van der Waals surface area contributed by atoms with Gasteiger partial charge in [-0.05, 0) is 56.1 Å². The second kappa shape index (κ2) is 16.7. The highest BCUT2D eigenvalue weighted by Crippen LogP contribution is 2.10. The summed E-state index contributed by atoms with van der Waals surface area (Å²) in [7, 11) is 0. The zero-order valence-corrected chi connectivity index (χ0v) is 21.4. The lowest BCUT2D eigenvalue weighted by Gasteiger charge is -2.27. The van der Waals surface area contributed by atoms with Gasteiger partial charge in [-0.15, -0.1) is 0 Å². The highest BCUT2D eigenvalue weighted by molar-refractivity contribution is 7.98. The topological polar surface area (TPSA) is 177 Å². The van der Waals surface area contributed by atoms with Gasteiger partial charge in [-0.1, -0.05) is 34.1 Å². The number of thioether (sulfide) groups is 1. The second-order valence-corrected chi connectivity index (χ2v) is 9.65. The van der Waals surface area contributed by atoms with E-state index in [1.807, 2.05) is 27.0 Å². The molecular weight excluding hydrogens is 446 g/mol. The van der Waals surface area contributed by atoms with Gasteiger partial charge in [0.1, 0.15) is 18.1 Å². The molecule has 192 valence electrons. The normalized spacial score (nSPS) is 15.8. The molecule has 0 radical (unpaired) electrons. The van der Waals surface area contributed by atoms with Crippen LogP contribution in [-0.2, 0) is 19.2 Å². The van der Waals surface area contributed by atoms with E-state index in [9.17, 15) is 24.3 Å². The first-order chi connectivity index (χ1) is 15.5. The molecule has 5 unspecified atom stereocenters. The third kappa shape index (κ3) is 11.7. The summed E-state index contributed by atoms with van der Waals surface area (Å²) >= 11 is 1.51. The molecule has 0 aliphatic heterocycles. The van der Waals surface area contributed by atoms with Crippen molar-refractivity contribution in [1.82, 2.24) is 16.0 Å². The van der Waals surface area contributed by atoms with Gasteiger partial charge in [-0.3, -0.25) is 14.4 Å². The summed E-state index contributed by atoms with van der Waals surface area (Å²) in [5.74, 6) is -2.42. The monoisotopic (exact) mass is 489 g/mol. The first-order valence-electron chi connectivity index (χ1n) is 11.6. The largest absolute Gasteiger partial charge is 0.480 e. The lowest BCUT2D eigenvalue weighted by Crippen LogP contribution is -2.58. The first kappa shape index (κ1) is 31.1. The maximum absolute atomic E-state index is 13.1. The maximum Gasteiger partial charge on any atom is 0.326 e. The number of carbonyl (C=O) groups excluding carboxylic acids is 3. The van der Waals surface area contributed by atoms with E-state index in [-0.39, 0.29) is 11.8 Å². The van der Waals surface area contributed by atoms with E-state index in [0.29, 0.717) is 44.4 Å². The lowest BCUT2D eigenvalue weighted by molar-refractivity contribution is -0.143. The van der Waals surface area contributed by atoms with E-state index < -0.39 is 47.9 Å². The number of hydrogen-bond acceptors (Lipinski definition) is 7. The molecule has 0 rings (SSSR count). The van der Waals surface area contributed by atoms with Crippen LogP contribution in [0, 0.1) is 11.8 Å². The highest BCUT2D eigenvalue weighted by atomic mass is 32.2. The zero-order valence-electron chi connectivity index (χ0n) is 20.6. The van der Waals surface area contributed by atoms with Gasteiger partial charge in [0, 0.05) is 0 Å². The van der Waals surface area contributed by atoms with Crippen molar-refractivity contribution in [3.8, 4) is 0 Å². The molecule has 0 saturated heterocycles. The summed E-state index contributed by atoms with van der Waals surface area (Å²) in [5, 5.41) is 17.5. The Labute approximate surface area is 201 Å². The Morgan fingerprint density at radius 2 is 1.45 bits per heavy atom. The molecular formula is C22H43N5O5S. The quantitative estimate of drug-likeness (QED) is 0.159. The van der Waals surface area contributed by atoms with Crippen LogP contribution in [0.1, 0.15) is 59.8 Å². The van der Waals surface area contributed by atoms with Crippen LogP contribution < -0.4 is 27.4 Å². The first-order valence-corrected chi connectivity index (χ1v) is 13.0. The van der Waals surface area contributed by atoms with E-state index in [4.69, 9.17) is 11.5 Å². The summed E-state index contributed by atoms with van der Waals surface area (Å²) in [6.07, 6.45) is 4.41. The third-order valence-corrected chi connectivity index (χ3v) is 6.27. The summed E-state index contributed by atoms with van der Waals surface area (Å²) in [4.78, 5) is 50.0. The second-order valence-electron chi connectivity index (χ2n) is 8.67. The summed E-state index contributed by atoms with van der Waals surface area (Å²) in [6.45, 7) is 7.67. The van der Waals surface area contributed by atoms with Gasteiger partial charge in [0.05, 0.1) is 6.04 Å². The van der Waals surface area contributed by atoms with E-state index in [1.165, 1.54) is 11.8 Å². The molecule has 0 heterocycles.